The van der Waals surface area contributed by atoms with Crippen molar-refractivity contribution in [3.8, 4) is 5.95 Å². The van der Waals surface area contributed by atoms with Gasteiger partial charge in [-0.1, -0.05) is 39.8 Å². The van der Waals surface area contributed by atoms with Crippen molar-refractivity contribution < 1.29 is 9.53 Å². The molecule has 11 heteroatoms. The first-order valence-corrected chi connectivity index (χ1v) is 13.9. The first-order valence-electron chi connectivity index (χ1n) is 13.9. The highest BCUT2D eigenvalue weighted by molar-refractivity contribution is 5.96. The summed E-state index contributed by atoms with van der Waals surface area (Å²) in [7, 11) is 0. The molecule has 4 aromatic rings. The quantitative estimate of drug-likeness (QED) is 0.419. The number of morpholine rings is 1. The second-order valence-corrected chi connectivity index (χ2v) is 11.6. The SMILES string of the molecule is CCc1nc2ccccc2n1-c1nc(N2CCOCC2)c2[nH]c(C(=O)N3CCN(CC(C)(C)C)CC3)nc2n1. The zero-order valence-corrected chi connectivity index (χ0v) is 23.3. The molecule has 0 spiro atoms. The van der Waals surface area contributed by atoms with Crippen LogP contribution in [0.25, 0.3) is 28.1 Å². The predicted molar refractivity (Wildman–Crippen MR) is 151 cm³/mol. The molecule has 0 atom stereocenters. The van der Waals surface area contributed by atoms with Gasteiger partial charge >= 0.3 is 0 Å². The molecule has 1 amide bonds. The number of hydrogen-bond donors (Lipinski definition) is 1. The van der Waals surface area contributed by atoms with Gasteiger partial charge in [-0.25, -0.2) is 9.97 Å². The molecule has 2 fully saturated rings. The first kappa shape index (κ1) is 25.7. The van der Waals surface area contributed by atoms with Gasteiger partial charge in [-0.05, 0) is 17.5 Å². The number of imidazole rings is 2. The molecule has 0 saturated carbocycles. The minimum Gasteiger partial charge on any atom is -0.378 e. The number of rotatable bonds is 5. The summed E-state index contributed by atoms with van der Waals surface area (Å²) < 4.78 is 7.60. The summed E-state index contributed by atoms with van der Waals surface area (Å²) in [5.74, 6) is 2.33. The zero-order valence-electron chi connectivity index (χ0n) is 23.3. The Balaban J connectivity index is 1.37. The van der Waals surface area contributed by atoms with Crippen molar-refractivity contribution in [2.75, 3.05) is 63.9 Å². The number of hydrogen-bond acceptors (Lipinski definition) is 8. The number of anilines is 1. The second-order valence-electron chi connectivity index (χ2n) is 11.6. The van der Waals surface area contributed by atoms with Gasteiger partial charge in [0.25, 0.3) is 5.91 Å². The number of para-hydroxylation sites is 2. The van der Waals surface area contributed by atoms with Crippen LogP contribution in [0.2, 0.25) is 0 Å². The van der Waals surface area contributed by atoms with Crippen LogP contribution in [0.15, 0.2) is 24.3 Å². The van der Waals surface area contributed by atoms with Gasteiger partial charge in [0.2, 0.25) is 5.95 Å². The van der Waals surface area contributed by atoms with E-state index in [-0.39, 0.29) is 11.3 Å². The van der Waals surface area contributed by atoms with Crippen LogP contribution in [0.4, 0.5) is 5.82 Å². The summed E-state index contributed by atoms with van der Waals surface area (Å²) in [6.45, 7) is 15.6. The van der Waals surface area contributed by atoms with Gasteiger partial charge in [-0.2, -0.15) is 9.97 Å². The Kier molecular flexibility index (Phi) is 6.72. The minimum absolute atomic E-state index is 0.0970. The summed E-state index contributed by atoms with van der Waals surface area (Å²) in [6.07, 6.45) is 0.731. The Morgan fingerprint density at radius 3 is 2.44 bits per heavy atom. The van der Waals surface area contributed by atoms with Gasteiger partial charge in [0.05, 0.1) is 24.2 Å². The standard InChI is InChI=1S/C28H37N9O2/c1-5-21-29-19-8-6-7-9-20(19)37(21)27-32-23-22(25(33-27)35-14-16-39-17-15-35)30-24(31-23)26(38)36-12-10-34(11-13-36)18-28(2,3)4/h6-9H,5,10-18H2,1-4H3,(H,30,31,32,33). The number of piperazine rings is 1. The molecule has 6 rings (SSSR count). The van der Waals surface area contributed by atoms with Crippen LogP contribution in [0.3, 0.4) is 0 Å². The van der Waals surface area contributed by atoms with Crippen molar-refractivity contribution in [1.82, 2.24) is 39.3 Å². The Labute approximate surface area is 228 Å². The number of carbonyl (C=O) groups is 1. The molecule has 0 radical (unpaired) electrons. The van der Waals surface area contributed by atoms with Gasteiger partial charge in [0, 0.05) is 52.2 Å². The fraction of sp³-hybridized carbons (Fsp3) is 0.536. The molecule has 3 aromatic heterocycles. The molecule has 0 unspecified atom stereocenters. The predicted octanol–water partition coefficient (Wildman–Crippen LogP) is 2.89. The van der Waals surface area contributed by atoms with Crippen molar-refractivity contribution >= 4 is 33.9 Å². The third kappa shape index (κ3) is 5.08. The zero-order chi connectivity index (χ0) is 27.1. The Morgan fingerprint density at radius 2 is 1.72 bits per heavy atom. The van der Waals surface area contributed by atoms with Crippen molar-refractivity contribution in [3.05, 3.63) is 35.9 Å². The van der Waals surface area contributed by atoms with E-state index in [0.717, 1.165) is 48.7 Å². The van der Waals surface area contributed by atoms with Gasteiger partial charge < -0.3 is 19.5 Å². The number of aromatic amines is 1. The smallest absolute Gasteiger partial charge is 0.289 e. The van der Waals surface area contributed by atoms with E-state index in [2.05, 4.69) is 42.5 Å². The maximum atomic E-state index is 13.6. The van der Waals surface area contributed by atoms with E-state index in [0.29, 0.717) is 62.3 Å². The van der Waals surface area contributed by atoms with Crippen LogP contribution < -0.4 is 4.90 Å². The number of aryl methyl sites for hydroxylation is 1. The molecular formula is C28H37N9O2. The number of ether oxygens (including phenoxy) is 1. The Morgan fingerprint density at radius 1 is 0.974 bits per heavy atom. The normalized spacial score (nSPS) is 17.4. The van der Waals surface area contributed by atoms with Crippen LogP contribution in [-0.2, 0) is 11.2 Å². The second kappa shape index (κ2) is 10.2. The van der Waals surface area contributed by atoms with Gasteiger partial charge in [0.15, 0.2) is 17.3 Å². The monoisotopic (exact) mass is 531 g/mol. The number of H-pyrrole nitrogens is 1. The molecule has 5 heterocycles. The largest absolute Gasteiger partial charge is 0.378 e. The highest BCUT2D eigenvalue weighted by atomic mass is 16.5. The third-order valence-electron chi connectivity index (χ3n) is 7.34. The maximum absolute atomic E-state index is 13.6. The number of amides is 1. The van der Waals surface area contributed by atoms with Gasteiger partial charge in [0.1, 0.15) is 11.3 Å². The number of aromatic nitrogens is 6. The topological polar surface area (TPSA) is 108 Å². The highest BCUT2D eigenvalue weighted by Crippen LogP contribution is 2.28. The van der Waals surface area contributed by atoms with Crippen molar-refractivity contribution in [2.24, 2.45) is 5.41 Å². The van der Waals surface area contributed by atoms with Gasteiger partial charge in [-0.3, -0.25) is 14.3 Å². The lowest BCUT2D eigenvalue weighted by Gasteiger charge is -2.37. The molecule has 0 bridgehead atoms. The summed E-state index contributed by atoms with van der Waals surface area (Å²) in [5.41, 5.74) is 3.24. The van der Waals surface area contributed by atoms with E-state index in [1.54, 1.807) is 0 Å². The van der Waals surface area contributed by atoms with Crippen molar-refractivity contribution in [2.45, 2.75) is 34.1 Å². The van der Waals surface area contributed by atoms with E-state index in [9.17, 15) is 4.79 Å². The number of benzene rings is 1. The van der Waals surface area contributed by atoms with E-state index in [1.165, 1.54) is 0 Å². The maximum Gasteiger partial charge on any atom is 0.289 e. The van der Waals surface area contributed by atoms with Crippen LogP contribution in [0, 0.1) is 5.41 Å². The summed E-state index contributed by atoms with van der Waals surface area (Å²) in [5, 5.41) is 0. The van der Waals surface area contributed by atoms with Crippen molar-refractivity contribution in [1.29, 1.82) is 0 Å². The van der Waals surface area contributed by atoms with Crippen LogP contribution in [0.1, 0.15) is 44.1 Å². The summed E-state index contributed by atoms with van der Waals surface area (Å²) >= 11 is 0. The lowest BCUT2D eigenvalue weighted by Crippen LogP contribution is -2.50. The lowest BCUT2D eigenvalue weighted by molar-refractivity contribution is 0.0582. The minimum atomic E-state index is -0.0970. The molecule has 206 valence electrons. The molecule has 1 N–H and O–H groups in total. The van der Waals surface area contributed by atoms with Crippen LogP contribution in [-0.4, -0.2) is 104 Å². The van der Waals surface area contributed by atoms with Gasteiger partial charge in [-0.15, -0.1) is 0 Å². The average Bonchev–Trinajstić information content (AvgIpc) is 3.53. The number of fused-ring (bicyclic) bond motifs is 2. The van der Waals surface area contributed by atoms with E-state index in [4.69, 9.17) is 24.7 Å². The van der Waals surface area contributed by atoms with Crippen LogP contribution in [0.5, 0.6) is 0 Å². The molecule has 1 aromatic carbocycles. The van der Waals surface area contributed by atoms with E-state index < -0.39 is 0 Å². The molecule has 0 aliphatic carbocycles. The number of nitrogens with zero attached hydrogens (tertiary/aromatic N) is 8. The molecule has 2 aliphatic rings. The van der Waals surface area contributed by atoms with E-state index >= 15 is 0 Å². The van der Waals surface area contributed by atoms with Crippen molar-refractivity contribution in [3.63, 3.8) is 0 Å². The number of carbonyl (C=O) groups excluding carboxylic acids is 1. The third-order valence-corrected chi connectivity index (χ3v) is 7.34. The molecular weight excluding hydrogens is 494 g/mol. The Hall–Kier alpha value is -3.57. The summed E-state index contributed by atoms with van der Waals surface area (Å²) in [4.78, 5) is 42.8. The van der Waals surface area contributed by atoms with Crippen LogP contribution >= 0.6 is 0 Å². The lowest BCUT2D eigenvalue weighted by atomic mass is 9.96. The molecule has 2 saturated heterocycles. The fourth-order valence-corrected chi connectivity index (χ4v) is 5.54. The van der Waals surface area contributed by atoms with E-state index in [1.807, 2.05) is 33.7 Å². The molecule has 2 aliphatic heterocycles. The Bertz CT molecular complexity index is 1490. The molecule has 11 nitrogen and oxygen atoms in total. The molecule has 39 heavy (non-hydrogen) atoms. The summed E-state index contributed by atoms with van der Waals surface area (Å²) in [6, 6.07) is 8.01. The fourth-order valence-electron chi connectivity index (χ4n) is 5.54. The highest BCUT2D eigenvalue weighted by Gasteiger charge is 2.28. The number of nitrogens with one attached hydrogen (secondary N) is 1. The average molecular weight is 532 g/mol. The first-order chi connectivity index (χ1) is 18.8.